The Morgan fingerprint density at radius 1 is 1.27 bits per heavy atom. The highest BCUT2D eigenvalue weighted by Gasteiger charge is 2.20. The van der Waals surface area contributed by atoms with E-state index in [0.29, 0.717) is 17.7 Å². The van der Waals surface area contributed by atoms with Gasteiger partial charge in [-0.25, -0.2) is 4.39 Å². The van der Waals surface area contributed by atoms with Gasteiger partial charge in [-0.3, -0.25) is 4.79 Å². The van der Waals surface area contributed by atoms with Gasteiger partial charge in [0.05, 0.1) is 6.33 Å². The smallest absolute Gasteiger partial charge is 0.227 e. The molecule has 22 heavy (non-hydrogen) atoms. The molecule has 1 fully saturated rings. The van der Waals surface area contributed by atoms with Crippen LogP contribution in [0, 0.1) is 5.92 Å². The molecular weight excluding hydrogens is 283 g/mol. The van der Waals surface area contributed by atoms with Crippen molar-refractivity contribution in [2.24, 2.45) is 11.7 Å². The zero-order valence-electron chi connectivity index (χ0n) is 12.7. The summed E-state index contributed by atoms with van der Waals surface area (Å²) in [4.78, 5) is 12.1. The van der Waals surface area contributed by atoms with Gasteiger partial charge in [0.15, 0.2) is 0 Å². The Bertz CT molecular complexity index is 508. The van der Waals surface area contributed by atoms with Gasteiger partial charge in [-0.05, 0) is 37.1 Å². The van der Waals surface area contributed by atoms with Crippen LogP contribution < -0.4 is 15.8 Å². The van der Waals surface area contributed by atoms with Crippen molar-refractivity contribution in [3.05, 3.63) is 36.2 Å². The van der Waals surface area contributed by atoms with Crippen LogP contribution in [0.25, 0.3) is 0 Å². The first-order valence-electron chi connectivity index (χ1n) is 7.75. The second kappa shape index (κ2) is 8.54. The number of nitrogens with one attached hydrogen (secondary N) is 1. The fourth-order valence-electron chi connectivity index (χ4n) is 2.55. The molecule has 1 amide bonds. The summed E-state index contributed by atoms with van der Waals surface area (Å²) in [7, 11) is 0. The van der Waals surface area contributed by atoms with Crippen molar-refractivity contribution in [1.82, 2.24) is 0 Å². The Kier molecular flexibility index (Phi) is 6.40. The minimum atomic E-state index is 0.0964. The van der Waals surface area contributed by atoms with E-state index in [2.05, 4.69) is 5.32 Å². The Balaban J connectivity index is 1.84. The highest BCUT2D eigenvalue weighted by molar-refractivity contribution is 5.92. The number of ether oxygens (including phenoxy) is 1. The standard InChI is InChI=1S/C17H23FN2O2/c18-10-13(11-19)12-22-16-8-6-15(7-9-16)20-17(21)14-4-2-1-3-5-14/h6-10,14H,1-5,11-12,19H2,(H,20,21)/b13-10+. The molecule has 0 aliphatic heterocycles. The van der Waals surface area contributed by atoms with Crippen LogP contribution in [0.3, 0.4) is 0 Å². The molecule has 3 N–H and O–H groups in total. The van der Waals surface area contributed by atoms with Crippen molar-refractivity contribution in [2.45, 2.75) is 32.1 Å². The molecule has 120 valence electrons. The van der Waals surface area contributed by atoms with E-state index < -0.39 is 0 Å². The molecule has 1 aliphatic carbocycles. The maximum atomic E-state index is 12.4. The first kappa shape index (κ1) is 16.5. The SMILES string of the molecule is NC/C(=C\F)COc1ccc(NC(=O)C2CCCCC2)cc1. The zero-order valence-corrected chi connectivity index (χ0v) is 12.7. The molecule has 0 aromatic heterocycles. The molecule has 0 unspecified atom stereocenters. The van der Waals surface area contributed by atoms with E-state index >= 15 is 0 Å². The van der Waals surface area contributed by atoms with E-state index in [9.17, 15) is 9.18 Å². The average molecular weight is 306 g/mol. The summed E-state index contributed by atoms with van der Waals surface area (Å²) in [6.07, 6.45) is 5.93. The lowest BCUT2D eigenvalue weighted by molar-refractivity contribution is -0.120. The van der Waals surface area contributed by atoms with Crippen LogP contribution in [0.1, 0.15) is 32.1 Å². The topological polar surface area (TPSA) is 64.3 Å². The molecule has 0 bridgehead atoms. The third kappa shape index (κ3) is 4.84. The van der Waals surface area contributed by atoms with Crippen LogP contribution in [-0.4, -0.2) is 19.1 Å². The summed E-state index contributed by atoms with van der Waals surface area (Å²) in [6.45, 7) is 0.257. The third-order valence-corrected chi connectivity index (χ3v) is 3.94. The van der Waals surface area contributed by atoms with Gasteiger partial charge in [0.1, 0.15) is 12.4 Å². The molecule has 0 heterocycles. The number of rotatable bonds is 6. The van der Waals surface area contributed by atoms with E-state index in [1.165, 1.54) is 6.42 Å². The third-order valence-electron chi connectivity index (χ3n) is 3.94. The van der Waals surface area contributed by atoms with Crippen LogP contribution in [-0.2, 0) is 4.79 Å². The first-order chi connectivity index (χ1) is 10.7. The van der Waals surface area contributed by atoms with Gasteiger partial charge in [-0.1, -0.05) is 19.3 Å². The molecule has 5 heteroatoms. The molecule has 1 aromatic rings. The molecule has 0 atom stereocenters. The van der Waals surface area contributed by atoms with Gasteiger partial charge in [0, 0.05) is 23.7 Å². The van der Waals surface area contributed by atoms with Crippen LogP contribution in [0.2, 0.25) is 0 Å². The molecule has 0 saturated heterocycles. The monoisotopic (exact) mass is 306 g/mol. The number of hydrogen-bond acceptors (Lipinski definition) is 3. The largest absolute Gasteiger partial charge is 0.489 e. The minimum absolute atomic E-state index is 0.0964. The molecule has 1 aliphatic rings. The van der Waals surface area contributed by atoms with E-state index in [-0.39, 0.29) is 25.0 Å². The van der Waals surface area contributed by atoms with E-state index in [1.54, 1.807) is 24.3 Å². The molecule has 2 rings (SSSR count). The molecular formula is C17H23FN2O2. The van der Waals surface area contributed by atoms with Gasteiger partial charge < -0.3 is 15.8 Å². The lowest BCUT2D eigenvalue weighted by Gasteiger charge is -2.20. The zero-order chi connectivity index (χ0) is 15.8. The van der Waals surface area contributed by atoms with Crippen molar-refractivity contribution < 1.29 is 13.9 Å². The number of amides is 1. The maximum Gasteiger partial charge on any atom is 0.227 e. The second-order valence-corrected chi connectivity index (χ2v) is 5.61. The van der Waals surface area contributed by atoms with Crippen molar-refractivity contribution in [3.63, 3.8) is 0 Å². The number of benzene rings is 1. The summed E-state index contributed by atoms with van der Waals surface area (Å²) >= 11 is 0. The van der Waals surface area contributed by atoms with Crippen molar-refractivity contribution >= 4 is 11.6 Å². The molecule has 0 radical (unpaired) electrons. The van der Waals surface area contributed by atoms with Crippen LogP contribution in [0.5, 0.6) is 5.75 Å². The summed E-state index contributed by atoms with van der Waals surface area (Å²) in [5, 5.41) is 2.94. The van der Waals surface area contributed by atoms with Crippen LogP contribution in [0.4, 0.5) is 10.1 Å². The fourth-order valence-corrected chi connectivity index (χ4v) is 2.55. The predicted molar refractivity (Wildman–Crippen MR) is 85.4 cm³/mol. The van der Waals surface area contributed by atoms with Gasteiger partial charge in [0.25, 0.3) is 0 Å². The van der Waals surface area contributed by atoms with Gasteiger partial charge in [0.2, 0.25) is 5.91 Å². The average Bonchev–Trinajstić information content (AvgIpc) is 2.58. The Hall–Kier alpha value is -1.88. The normalized spacial score (nSPS) is 16.4. The number of carbonyl (C=O) groups excluding carboxylic acids is 1. The van der Waals surface area contributed by atoms with Crippen molar-refractivity contribution in [2.75, 3.05) is 18.5 Å². The quantitative estimate of drug-likeness (QED) is 0.846. The van der Waals surface area contributed by atoms with E-state index in [4.69, 9.17) is 10.5 Å². The van der Waals surface area contributed by atoms with Crippen LogP contribution in [0.15, 0.2) is 36.2 Å². The lowest BCUT2D eigenvalue weighted by Crippen LogP contribution is -2.24. The van der Waals surface area contributed by atoms with Gasteiger partial charge >= 0.3 is 0 Å². The maximum absolute atomic E-state index is 12.4. The number of carbonyl (C=O) groups is 1. The second-order valence-electron chi connectivity index (χ2n) is 5.61. The first-order valence-corrected chi connectivity index (χ1v) is 7.75. The molecule has 4 nitrogen and oxygen atoms in total. The van der Waals surface area contributed by atoms with Crippen molar-refractivity contribution in [3.8, 4) is 5.75 Å². The van der Waals surface area contributed by atoms with Gasteiger partial charge in [-0.2, -0.15) is 0 Å². The van der Waals surface area contributed by atoms with Crippen LogP contribution >= 0.6 is 0 Å². The summed E-state index contributed by atoms with van der Waals surface area (Å²) in [5.74, 6) is 0.842. The van der Waals surface area contributed by atoms with E-state index in [0.717, 1.165) is 31.4 Å². The number of hydrogen-bond donors (Lipinski definition) is 2. The Morgan fingerprint density at radius 3 is 2.55 bits per heavy atom. The fraction of sp³-hybridized carbons (Fsp3) is 0.471. The Morgan fingerprint density at radius 2 is 1.95 bits per heavy atom. The molecule has 0 spiro atoms. The highest BCUT2D eigenvalue weighted by atomic mass is 19.1. The predicted octanol–water partition coefficient (Wildman–Crippen LogP) is 3.40. The molecule has 1 aromatic carbocycles. The minimum Gasteiger partial charge on any atom is -0.489 e. The van der Waals surface area contributed by atoms with Crippen molar-refractivity contribution in [1.29, 1.82) is 0 Å². The number of nitrogens with two attached hydrogens (primary N) is 1. The number of halogens is 1. The molecule has 1 saturated carbocycles. The highest BCUT2D eigenvalue weighted by Crippen LogP contribution is 2.25. The summed E-state index contributed by atoms with van der Waals surface area (Å²) in [5.41, 5.74) is 6.51. The summed E-state index contributed by atoms with van der Waals surface area (Å²) in [6, 6.07) is 7.08. The van der Waals surface area contributed by atoms with Gasteiger partial charge in [-0.15, -0.1) is 0 Å². The van der Waals surface area contributed by atoms with E-state index in [1.807, 2.05) is 0 Å². The summed E-state index contributed by atoms with van der Waals surface area (Å²) < 4.78 is 17.8. The lowest BCUT2D eigenvalue weighted by atomic mass is 9.88. The number of anilines is 1. The Labute approximate surface area is 130 Å².